The predicted octanol–water partition coefficient (Wildman–Crippen LogP) is 2.98. The molecule has 1 saturated heterocycles. The van der Waals surface area contributed by atoms with Crippen LogP contribution in [0.4, 0.5) is 0 Å². The van der Waals surface area contributed by atoms with Crippen LogP contribution in [0, 0.1) is 13.8 Å². The molecular weight excluding hydrogens is 539 g/mol. The minimum absolute atomic E-state index is 0. The highest BCUT2D eigenvalue weighted by atomic mass is 127. The van der Waals surface area contributed by atoms with Gasteiger partial charge in [-0.3, -0.25) is 0 Å². The van der Waals surface area contributed by atoms with E-state index in [2.05, 4.69) is 40.9 Å². The maximum absolute atomic E-state index is 12.1. The van der Waals surface area contributed by atoms with Crippen LogP contribution in [0.15, 0.2) is 35.3 Å². The number of aromatic nitrogens is 2. The monoisotopic (exact) mass is 574 g/mol. The van der Waals surface area contributed by atoms with E-state index in [0.717, 1.165) is 48.0 Å². The number of para-hydroxylation sites is 1. The lowest BCUT2D eigenvalue weighted by Crippen LogP contribution is -2.50. The molecule has 0 spiro atoms. The molecule has 32 heavy (non-hydrogen) atoms. The van der Waals surface area contributed by atoms with Gasteiger partial charge in [0.05, 0.1) is 23.7 Å². The molecule has 178 valence electrons. The number of benzene rings is 1. The molecule has 0 bridgehead atoms. The normalized spacial score (nSPS) is 15.9. The van der Waals surface area contributed by atoms with Crippen molar-refractivity contribution in [1.29, 1.82) is 0 Å². The van der Waals surface area contributed by atoms with E-state index in [0.29, 0.717) is 19.6 Å². The van der Waals surface area contributed by atoms with E-state index in [-0.39, 0.29) is 35.8 Å². The lowest BCUT2D eigenvalue weighted by molar-refractivity contribution is 0.306. The molecule has 2 heterocycles. The van der Waals surface area contributed by atoms with Gasteiger partial charge in [0.1, 0.15) is 0 Å². The first kappa shape index (κ1) is 26.6. The Morgan fingerprint density at radius 2 is 1.88 bits per heavy atom. The van der Waals surface area contributed by atoms with Gasteiger partial charge in [0.15, 0.2) is 5.96 Å². The lowest BCUT2D eigenvalue weighted by atomic mass is 10.1. The molecule has 2 aromatic rings. The van der Waals surface area contributed by atoms with E-state index in [9.17, 15) is 8.42 Å². The zero-order valence-electron chi connectivity index (χ0n) is 19.3. The number of rotatable bonds is 7. The summed E-state index contributed by atoms with van der Waals surface area (Å²) in [6.07, 6.45) is 1.54. The maximum Gasteiger partial charge on any atom is 0.213 e. The average molecular weight is 575 g/mol. The molecule has 8 nitrogen and oxygen atoms in total. The molecule has 2 N–H and O–H groups in total. The number of hydrogen-bond donors (Lipinski definition) is 2. The van der Waals surface area contributed by atoms with Gasteiger partial charge in [-0.1, -0.05) is 18.2 Å². The second-order valence-electron chi connectivity index (χ2n) is 7.88. The molecule has 0 aliphatic carbocycles. The number of sulfonamides is 1. The van der Waals surface area contributed by atoms with Crippen LogP contribution < -0.4 is 10.6 Å². The van der Waals surface area contributed by atoms with Crippen LogP contribution in [-0.4, -0.2) is 59.9 Å². The van der Waals surface area contributed by atoms with Crippen LogP contribution in [0.25, 0.3) is 5.69 Å². The first-order chi connectivity index (χ1) is 14.8. The van der Waals surface area contributed by atoms with E-state index in [4.69, 9.17) is 4.99 Å². The minimum atomic E-state index is -3.11. The Balaban J connectivity index is 0.00000363. The summed E-state index contributed by atoms with van der Waals surface area (Å²) in [4.78, 5) is 4.81. The molecule has 1 fully saturated rings. The van der Waals surface area contributed by atoms with Gasteiger partial charge in [-0.15, -0.1) is 24.0 Å². The molecule has 1 aliphatic heterocycles. The van der Waals surface area contributed by atoms with Crippen molar-refractivity contribution in [1.82, 2.24) is 24.7 Å². The summed E-state index contributed by atoms with van der Waals surface area (Å²) in [5, 5.41) is 11.4. The van der Waals surface area contributed by atoms with E-state index in [1.807, 2.05) is 30.7 Å². The van der Waals surface area contributed by atoms with Crippen LogP contribution in [0.3, 0.4) is 0 Å². The first-order valence-corrected chi connectivity index (χ1v) is 12.6. The van der Waals surface area contributed by atoms with Crippen molar-refractivity contribution in [3.63, 3.8) is 0 Å². The van der Waals surface area contributed by atoms with Crippen LogP contribution in [0.2, 0.25) is 0 Å². The molecular formula is C22H35IN6O2S. The van der Waals surface area contributed by atoms with Crippen molar-refractivity contribution in [3.05, 3.63) is 47.3 Å². The van der Waals surface area contributed by atoms with Crippen molar-refractivity contribution < 1.29 is 8.42 Å². The third kappa shape index (κ3) is 6.67. The topological polar surface area (TPSA) is 91.6 Å². The number of hydrogen-bond acceptors (Lipinski definition) is 4. The number of aliphatic imine (C=N–C) groups is 1. The van der Waals surface area contributed by atoms with E-state index < -0.39 is 10.0 Å². The Hall–Kier alpha value is -1.66. The average Bonchev–Trinajstić information content (AvgIpc) is 3.10. The first-order valence-electron chi connectivity index (χ1n) is 11.0. The van der Waals surface area contributed by atoms with Gasteiger partial charge in [-0.05, 0) is 58.2 Å². The van der Waals surface area contributed by atoms with Crippen LogP contribution in [0.1, 0.15) is 43.6 Å². The number of nitrogens with zero attached hydrogens (tertiary/aromatic N) is 4. The van der Waals surface area contributed by atoms with Gasteiger partial charge < -0.3 is 10.6 Å². The summed E-state index contributed by atoms with van der Waals surface area (Å²) >= 11 is 0. The van der Waals surface area contributed by atoms with E-state index in [1.54, 1.807) is 11.2 Å². The SMILES string of the molecule is CCNC(=NCc1ccccc1-n1nc(C)cc1C)NC1CCN(S(=O)(=O)CC)CC1.I. The van der Waals surface area contributed by atoms with Gasteiger partial charge >= 0.3 is 0 Å². The minimum Gasteiger partial charge on any atom is -0.357 e. The Bertz CT molecular complexity index is 1010. The predicted molar refractivity (Wildman–Crippen MR) is 140 cm³/mol. The number of guanidine groups is 1. The number of aryl methyl sites for hydroxylation is 2. The van der Waals surface area contributed by atoms with Crippen molar-refractivity contribution in [2.75, 3.05) is 25.4 Å². The van der Waals surface area contributed by atoms with Crippen molar-refractivity contribution >= 4 is 40.0 Å². The third-order valence-corrected chi connectivity index (χ3v) is 7.42. The molecule has 1 aromatic carbocycles. The molecule has 0 saturated carbocycles. The van der Waals surface area contributed by atoms with E-state index in [1.165, 1.54) is 0 Å². The van der Waals surface area contributed by atoms with Gasteiger partial charge in [-0.25, -0.2) is 22.4 Å². The Labute approximate surface area is 208 Å². The summed E-state index contributed by atoms with van der Waals surface area (Å²) in [7, 11) is -3.11. The Kier molecular flexibility index (Phi) is 9.96. The largest absolute Gasteiger partial charge is 0.357 e. The molecule has 10 heteroatoms. The van der Waals surface area contributed by atoms with Crippen LogP contribution in [0.5, 0.6) is 0 Å². The zero-order chi connectivity index (χ0) is 22.4. The molecule has 0 amide bonds. The fourth-order valence-corrected chi connectivity index (χ4v) is 4.99. The number of halogens is 1. The van der Waals surface area contributed by atoms with Crippen molar-refractivity contribution in [2.45, 2.75) is 53.1 Å². The molecule has 1 aliphatic rings. The summed E-state index contributed by atoms with van der Waals surface area (Å²) in [6.45, 7) is 10.2. The van der Waals surface area contributed by atoms with Crippen LogP contribution >= 0.6 is 24.0 Å². The molecule has 0 radical (unpaired) electrons. The molecule has 3 rings (SSSR count). The summed E-state index contributed by atoms with van der Waals surface area (Å²) < 4.78 is 27.7. The second kappa shape index (κ2) is 12.0. The summed E-state index contributed by atoms with van der Waals surface area (Å²) in [6, 6.07) is 10.4. The molecule has 0 atom stereocenters. The highest BCUT2D eigenvalue weighted by Gasteiger charge is 2.27. The van der Waals surface area contributed by atoms with Gasteiger partial charge in [0, 0.05) is 31.4 Å². The van der Waals surface area contributed by atoms with Crippen molar-refractivity contribution in [3.8, 4) is 5.69 Å². The summed E-state index contributed by atoms with van der Waals surface area (Å²) in [5.74, 6) is 0.909. The van der Waals surface area contributed by atoms with Gasteiger partial charge in [-0.2, -0.15) is 5.10 Å². The van der Waals surface area contributed by atoms with Crippen LogP contribution in [-0.2, 0) is 16.6 Å². The zero-order valence-corrected chi connectivity index (χ0v) is 22.5. The summed E-state index contributed by atoms with van der Waals surface area (Å²) in [5.41, 5.74) is 4.20. The van der Waals surface area contributed by atoms with E-state index >= 15 is 0 Å². The molecule has 0 unspecified atom stereocenters. The number of piperidine rings is 1. The standard InChI is InChI=1S/C22H34N6O2S.HI/c1-5-23-22(25-20-11-13-27(14-12-20)31(29,30)6-2)24-16-19-9-7-8-10-21(19)28-18(4)15-17(3)26-28;/h7-10,15,20H,5-6,11-14,16H2,1-4H3,(H2,23,24,25);1H. The van der Waals surface area contributed by atoms with Crippen molar-refractivity contribution in [2.24, 2.45) is 4.99 Å². The smallest absolute Gasteiger partial charge is 0.213 e. The Morgan fingerprint density at radius 3 is 2.47 bits per heavy atom. The fraction of sp³-hybridized carbons (Fsp3) is 0.545. The highest BCUT2D eigenvalue weighted by Crippen LogP contribution is 2.18. The van der Waals surface area contributed by atoms with Gasteiger partial charge in [0.25, 0.3) is 0 Å². The fourth-order valence-electron chi connectivity index (χ4n) is 3.86. The highest BCUT2D eigenvalue weighted by molar-refractivity contribution is 14.0. The lowest BCUT2D eigenvalue weighted by Gasteiger charge is -2.32. The number of nitrogens with one attached hydrogen (secondary N) is 2. The molecule has 1 aromatic heterocycles. The quantitative estimate of drug-likeness (QED) is 0.302. The van der Waals surface area contributed by atoms with Gasteiger partial charge in [0.2, 0.25) is 10.0 Å². The third-order valence-electron chi connectivity index (χ3n) is 5.53. The maximum atomic E-state index is 12.1. The Morgan fingerprint density at radius 1 is 1.19 bits per heavy atom. The second-order valence-corrected chi connectivity index (χ2v) is 10.1.